The standard InChI is InChI=1S/C30H34ClN11O3/c1-16-15-41(29-35-14-21(31)27(39-29)37-19-10-17-11-25(44)40(3)28(17)34-13-19)8-6-22(16)36-18-4-5-20(23(12-18)33-2)26(32)42-9-7-24(43)38-30(42)45/h4-5,10,12-14,16,22,32-33,36H,6-9,11,15H2,1-3H3,(H,35,37,39)(H,38,43,45)/t16-,22-/m1/s1. The SMILES string of the molecule is CNc1cc(N[C@@H]2CCN(c3ncc(Cl)c(Nc4cnc5c(c4)CC(=O)N5C)n3)C[C@H]2C)ccc1C(=N)N1CCC(=O)NC1=O. The number of benzene rings is 1. The number of piperidine rings is 1. The molecule has 3 aliphatic rings. The van der Waals surface area contributed by atoms with Gasteiger partial charge in [-0.25, -0.2) is 14.8 Å². The van der Waals surface area contributed by atoms with Crippen LogP contribution in [0.3, 0.4) is 0 Å². The number of hydrogen-bond acceptors (Lipinski definition) is 11. The van der Waals surface area contributed by atoms with E-state index in [1.165, 1.54) is 4.90 Å². The number of nitrogens with zero attached hydrogens (tertiary/aromatic N) is 6. The molecule has 2 saturated heterocycles. The number of likely N-dealkylation sites (N-methyl/N-ethyl adjacent to an activating group) is 1. The predicted molar refractivity (Wildman–Crippen MR) is 173 cm³/mol. The molecule has 4 amide bonds. The number of nitrogens with one attached hydrogen (secondary N) is 5. The average molecular weight is 632 g/mol. The normalized spacial score (nSPS) is 19.7. The maximum atomic E-state index is 12.3. The van der Waals surface area contributed by atoms with Crippen molar-refractivity contribution < 1.29 is 14.4 Å². The first-order valence-electron chi connectivity index (χ1n) is 14.7. The number of rotatable bonds is 7. The van der Waals surface area contributed by atoms with Crippen LogP contribution in [0, 0.1) is 11.3 Å². The first-order chi connectivity index (χ1) is 21.6. The molecule has 0 aliphatic carbocycles. The van der Waals surface area contributed by atoms with Crippen LogP contribution < -0.4 is 31.1 Å². The molecular weight excluding hydrogens is 598 g/mol. The number of aromatic nitrogens is 3. The Hall–Kier alpha value is -4.98. The van der Waals surface area contributed by atoms with E-state index in [9.17, 15) is 14.4 Å². The molecule has 2 fully saturated rings. The molecule has 1 aromatic carbocycles. The Balaban J connectivity index is 1.10. The van der Waals surface area contributed by atoms with Gasteiger partial charge in [0.1, 0.15) is 16.7 Å². The molecule has 15 heteroatoms. The summed E-state index contributed by atoms with van der Waals surface area (Å²) < 4.78 is 0. The van der Waals surface area contributed by atoms with Crippen LogP contribution in [0.4, 0.5) is 39.4 Å². The molecule has 0 spiro atoms. The van der Waals surface area contributed by atoms with E-state index < -0.39 is 6.03 Å². The van der Waals surface area contributed by atoms with Gasteiger partial charge in [-0.3, -0.25) is 30.1 Å². The van der Waals surface area contributed by atoms with Crippen molar-refractivity contribution in [2.45, 2.75) is 32.2 Å². The third-order valence-corrected chi connectivity index (χ3v) is 8.66. The van der Waals surface area contributed by atoms with E-state index in [0.29, 0.717) is 46.0 Å². The fraction of sp³-hybridized carbons (Fsp3) is 0.367. The summed E-state index contributed by atoms with van der Waals surface area (Å²) >= 11 is 6.45. The molecule has 2 atom stereocenters. The quantitative estimate of drug-likeness (QED) is 0.192. The van der Waals surface area contributed by atoms with E-state index in [0.717, 1.165) is 30.8 Å². The predicted octanol–water partition coefficient (Wildman–Crippen LogP) is 3.42. The van der Waals surface area contributed by atoms with Crippen molar-refractivity contribution in [1.29, 1.82) is 5.41 Å². The van der Waals surface area contributed by atoms with Gasteiger partial charge in [-0.2, -0.15) is 4.98 Å². The molecule has 14 nitrogen and oxygen atoms in total. The summed E-state index contributed by atoms with van der Waals surface area (Å²) in [6.45, 7) is 3.79. The van der Waals surface area contributed by atoms with Crippen molar-refractivity contribution in [3.8, 4) is 0 Å². The minimum Gasteiger partial charge on any atom is -0.387 e. The summed E-state index contributed by atoms with van der Waals surface area (Å²) in [4.78, 5) is 54.5. The monoisotopic (exact) mass is 631 g/mol. The Morgan fingerprint density at radius 1 is 1.11 bits per heavy atom. The highest BCUT2D eigenvalue weighted by atomic mass is 35.5. The molecule has 45 heavy (non-hydrogen) atoms. The van der Waals surface area contributed by atoms with Crippen LogP contribution in [0.5, 0.6) is 0 Å². The summed E-state index contributed by atoms with van der Waals surface area (Å²) in [5.74, 6) is 1.64. The van der Waals surface area contributed by atoms with Crippen molar-refractivity contribution in [2.75, 3.05) is 59.5 Å². The van der Waals surface area contributed by atoms with Crippen LogP contribution in [-0.4, -0.2) is 83.3 Å². The number of hydrogen-bond donors (Lipinski definition) is 5. The highest BCUT2D eigenvalue weighted by Crippen LogP contribution is 2.32. The molecule has 3 aromatic rings. The number of anilines is 6. The minimum atomic E-state index is -0.584. The fourth-order valence-electron chi connectivity index (χ4n) is 5.86. The van der Waals surface area contributed by atoms with Crippen LogP contribution in [0.2, 0.25) is 5.02 Å². The first-order valence-corrected chi connectivity index (χ1v) is 15.1. The van der Waals surface area contributed by atoms with Crippen LogP contribution in [-0.2, 0) is 16.0 Å². The summed E-state index contributed by atoms with van der Waals surface area (Å²) in [6, 6.07) is 7.13. The van der Waals surface area contributed by atoms with E-state index in [-0.39, 0.29) is 42.6 Å². The van der Waals surface area contributed by atoms with E-state index in [4.69, 9.17) is 22.0 Å². The van der Waals surface area contributed by atoms with Gasteiger partial charge < -0.3 is 20.9 Å². The Kier molecular flexibility index (Phi) is 8.14. The summed E-state index contributed by atoms with van der Waals surface area (Å²) in [5, 5.41) is 21.3. The molecule has 0 bridgehead atoms. The number of carbonyl (C=O) groups is 3. The van der Waals surface area contributed by atoms with Gasteiger partial charge in [-0.15, -0.1) is 0 Å². The van der Waals surface area contributed by atoms with Crippen LogP contribution in [0.15, 0.2) is 36.7 Å². The molecule has 3 aliphatic heterocycles. The zero-order chi connectivity index (χ0) is 31.8. The van der Waals surface area contributed by atoms with Gasteiger partial charge in [-0.1, -0.05) is 18.5 Å². The second-order valence-electron chi connectivity index (χ2n) is 11.4. The molecule has 6 rings (SSSR count). The smallest absolute Gasteiger partial charge is 0.329 e. The van der Waals surface area contributed by atoms with E-state index in [2.05, 4.69) is 43.1 Å². The second kappa shape index (κ2) is 12.2. The molecule has 5 heterocycles. The van der Waals surface area contributed by atoms with Crippen molar-refractivity contribution in [3.05, 3.63) is 52.8 Å². The van der Waals surface area contributed by atoms with Gasteiger partial charge in [0.15, 0.2) is 5.82 Å². The minimum absolute atomic E-state index is 0.00647. The Labute approximate surface area is 265 Å². The van der Waals surface area contributed by atoms with Crippen molar-refractivity contribution in [2.24, 2.45) is 5.92 Å². The largest absolute Gasteiger partial charge is 0.387 e. The molecule has 234 valence electrons. The molecule has 0 unspecified atom stereocenters. The van der Waals surface area contributed by atoms with Gasteiger partial charge in [-0.05, 0) is 36.6 Å². The Bertz CT molecular complexity index is 1700. The maximum absolute atomic E-state index is 12.3. The Morgan fingerprint density at radius 2 is 1.93 bits per heavy atom. The van der Waals surface area contributed by atoms with Gasteiger partial charge in [0.2, 0.25) is 17.8 Å². The van der Waals surface area contributed by atoms with Gasteiger partial charge in [0, 0.05) is 68.7 Å². The molecule has 5 N–H and O–H groups in total. The lowest BCUT2D eigenvalue weighted by molar-refractivity contribution is -0.121. The second-order valence-corrected chi connectivity index (χ2v) is 11.8. The van der Waals surface area contributed by atoms with Crippen molar-refractivity contribution >= 4 is 69.9 Å². The van der Waals surface area contributed by atoms with Crippen LogP contribution >= 0.6 is 11.6 Å². The van der Waals surface area contributed by atoms with Crippen molar-refractivity contribution in [1.82, 2.24) is 25.2 Å². The van der Waals surface area contributed by atoms with Crippen molar-refractivity contribution in [3.63, 3.8) is 0 Å². The molecule has 0 radical (unpaired) electrons. The molecule has 0 saturated carbocycles. The lowest BCUT2D eigenvalue weighted by atomic mass is 9.93. The van der Waals surface area contributed by atoms with Gasteiger partial charge in [0.25, 0.3) is 0 Å². The van der Waals surface area contributed by atoms with Crippen LogP contribution in [0.1, 0.15) is 30.9 Å². The topological polar surface area (TPSA) is 172 Å². The fourth-order valence-corrected chi connectivity index (χ4v) is 6.00. The first kappa shape index (κ1) is 30.1. The number of amides is 4. The number of halogens is 1. The molecule has 2 aromatic heterocycles. The number of amidine groups is 1. The highest BCUT2D eigenvalue weighted by Gasteiger charge is 2.30. The third kappa shape index (κ3) is 6.05. The number of fused-ring (bicyclic) bond motifs is 1. The van der Waals surface area contributed by atoms with E-state index in [1.54, 1.807) is 31.4 Å². The van der Waals surface area contributed by atoms with E-state index >= 15 is 0 Å². The third-order valence-electron chi connectivity index (χ3n) is 8.38. The van der Waals surface area contributed by atoms with Gasteiger partial charge in [0.05, 0.1) is 24.5 Å². The average Bonchev–Trinajstić information content (AvgIpc) is 3.30. The highest BCUT2D eigenvalue weighted by molar-refractivity contribution is 6.33. The summed E-state index contributed by atoms with van der Waals surface area (Å²) in [6.07, 6.45) is 4.55. The van der Waals surface area contributed by atoms with Crippen LogP contribution in [0.25, 0.3) is 0 Å². The summed E-state index contributed by atoms with van der Waals surface area (Å²) in [5.41, 5.74) is 3.70. The number of pyridine rings is 1. The lowest BCUT2D eigenvalue weighted by Gasteiger charge is -2.38. The maximum Gasteiger partial charge on any atom is 0.329 e. The molecular formula is C30H34ClN11O3. The number of imide groups is 1. The summed E-state index contributed by atoms with van der Waals surface area (Å²) in [7, 11) is 3.49. The zero-order valence-corrected chi connectivity index (χ0v) is 25.9. The lowest BCUT2D eigenvalue weighted by Crippen LogP contribution is -2.52. The zero-order valence-electron chi connectivity index (χ0n) is 25.1. The number of urea groups is 1. The van der Waals surface area contributed by atoms with Gasteiger partial charge >= 0.3 is 6.03 Å². The Morgan fingerprint density at radius 3 is 2.69 bits per heavy atom. The van der Waals surface area contributed by atoms with E-state index in [1.807, 2.05) is 24.3 Å². The number of carbonyl (C=O) groups excluding carboxylic acids is 3.